The van der Waals surface area contributed by atoms with Crippen LogP contribution in [-0.4, -0.2) is 0 Å². The molecule has 0 bridgehead atoms. The van der Waals surface area contributed by atoms with Gasteiger partial charge in [0.15, 0.2) is 11.9 Å². The number of pyridine rings is 1. The molecule has 0 fully saturated rings. The second-order valence-electron chi connectivity index (χ2n) is 2.82. The first kappa shape index (κ1) is 8.25. The summed E-state index contributed by atoms with van der Waals surface area (Å²) in [5.41, 5.74) is 2.78. The van der Waals surface area contributed by atoms with Crippen molar-refractivity contribution in [2.75, 3.05) is 0 Å². The molecule has 1 nitrogen and oxygen atoms in total. The van der Waals surface area contributed by atoms with Gasteiger partial charge in [-0.25, -0.2) is 4.57 Å². The highest BCUT2D eigenvalue weighted by molar-refractivity contribution is 5.11. The lowest BCUT2D eigenvalue weighted by Crippen LogP contribution is -2.35. The lowest BCUT2D eigenvalue weighted by atomic mass is 10.2. The van der Waals surface area contributed by atoms with Crippen molar-refractivity contribution >= 4 is 0 Å². The van der Waals surface area contributed by atoms with Crippen molar-refractivity contribution in [3.8, 4) is 0 Å². The largest absolute Gasteiger partial charge is 0.203 e. The zero-order valence-corrected chi connectivity index (χ0v) is 7.59. The molecule has 0 aliphatic carbocycles. The zero-order chi connectivity index (χ0) is 8.27. The Morgan fingerprint density at radius 1 is 1.36 bits per heavy atom. The van der Waals surface area contributed by atoms with Crippen LogP contribution < -0.4 is 4.57 Å². The molecule has 1 rings (SSSR count). The van der Waals surface area contributed by atoms with Crippen molar-refractivity contribution in [1.82, 2.24) is 0 Å². The number of aromatic nitrogens is 1. The number of hydrogen-bond donors (Lipinski definition) is 0. The van der Waals surface area contributed by atoms with Crippen LogP contribution in [0.1, 0.15) is 25.1 Å². The number of aryl methyl sites for hydroxylation is 3. The first-order valence-corrected chi connectivity index (χ1v) is 4.27. The van der Waals surface area contributed by atoms with Crippen LogP contribution in [0, 0.1) is 6.92 Å². The highest BCUT2D eigenvalue weighted by atomic mass is 14.9. The fourth-order valence-electron chi connectivity index (χ4n) is 1.28. The molecule has 0 unspecified atom stereocenters. The van der Waals surface area contributed by atoms with Gasteiger partial charge in [-0.05, 0) is 18.9 Å². The maximum absolute atomic E-state index is 2.25. The van der Waals surface area contributed by atoms with Crippen molar-refractivity contribution < 1.29 is 4.57 Å². The van der Waals surface area contributed by atoms with E-state index in [1.165, 1.54) is 11.3 Å². The monoisotopic (exact) mass is 150 g/mol. The molecule has 11 heavy (non-hydrogen) atoms. The normalized spacial score (nSPS) is 10.1. The van der Waals surface area contributed by atoms with Gasteiger partial charge in [-0.2, -0.15) is 0 Å². The van der Waals surface area contributed by atoms with E-state index in [0.29, 0.717) is 0 Å². The van der Waals surface area contributed by atoms with Gasteiger partial charge in [0.25, 0.3) is 0 Å². The van der Waals surface area contributed by atoms with Gasteiger partial charge in [0.1, 0.15) is 6.54 Å². The fourth-order valence-corrected chi connectivity index (χ4v) is 1.28. The van der Waals surface area contributed by atoms with E-state index in [-0.39, 0.29) is 0 Å². The maximum Gasteiger partial charge on any atom is 0.178 e. The predicted octanol–water partition coefficient (Wildman–Crippen LogP) is 1.86. The zero-order valence-electron chi connectivity index (χ0n) is 7.59. The van der Waals surface area contributed by atoms with Crippen LogP contribution in [0.4, 0.5) is 0 Å². The number of hydrogen-bond acceptors (Lipinski definition) is 0. The molecule has 1 heteroatoms. The van der Waals surface area contributed by atoms with Gasteiger partial charge < -0.3 is 0 Å². The van der Waals surface area contributed by atoms with Crippen LogP contribution in [0.15, 0.2) is 18.3 Å². The van der Waals surface area contributed by atoms with Crippen LogP contribution in [0.5, 0.6) is 0 Å². The third-order valence-corrected chi connectivity index (χ3v) is 2.06. The molecule has 0 N–H and O–H groups in total. The Balaban J connectivity index is 2.99. The number of rotatable bonds is 2. The van der Waals surface area contributed by atoms with Crippen molar-refractivity contribution in [3.05, 3.63) is 29.6 Å². The van der Waals surface area contributed by atoms with Gasteiger partial charge in [-0.15, -0.1) is 0 Å². The van der Waals surface area contributed by atoms with Crippen molar-refractivity contribution in [3.63, 3.8) is 0 Å². The summed E-state index contributed by atoms with van der Waals surface area (Å²) in [4.78, 5) is 0. The summed E-state index contributed by atoms with van der Waals surface area (Å²) in [7, 11) is 0. The van der Waals surface area contributed by atoms with Crippen LogP contribution in [0.25, 0.3) is 0 Å². The van der Waals surface area contributed by atoms with Gasteiger partial charge >= 0.3 is 0 Å². The lowest BCUT2D eigenvalue weighted by molar-refractivity contribution is -0.699. The lowest BCUT2D eigenvalue weighted by Gasteiger charge is -1.98. The van der Waals surface area contributed by atoms with Gasteiger partial charge in [0.05, 0.1) is 0 Å². The average Bonchev–Trinajstić information content (AvgIpc) is 2.04. The van der Waals surface area contributed by atoms with Crippen molar-refractivity contribution in [2.45, 2.75) is 33.7 Å². The Morgan fingerprint density at radius 3 is 2.55 bits per heavy atom. The van der Waals surface area contributed by atoms with Gasteiger partial charge in [0.2, 0.25) is 0 Å². The molecule has 0 aliphatic heterocycles. The van der Waals surface area contributed by atoms with Crippen LogP contribution in [-0.2, 0) is 13.0 Å². The second-order valence-corrected chi connectivity index (χ2v) is 2.82. The number of nitrogens with zero attached hydrogens (tertiary/aromatic N) is 1. The smallest absolute Gasteiger partial charge is 0.178 e. The molecule has 1 aromatic rings. The van der Waals surface area contributed by atoms with E-state index >= 15 is 0 Å². The Labute approximate surface area is 68.7 Å². The highest BCUT2D eigenvalue weighted by Crippen LogP contribution is 1.99. The molecule has 0 aliphatic rings. The summed E-state index contributed by atoms with van der Waals surface area (Å²) >= 11 is 0. The molecule has 1 heterocycles. The molecule has 0 atom stereocenters. The first-order valence-electron chi connectivity index (χ1n) is 4.27. The molecule has 0 amide bonds. The predicted molar refractivity (Wildman–Crippen MR) is 46.4 cm³/mol. The summed E-state index contributed by atoms with van der Waals surface area (Å²) in [5.74, 6) is 0. The third kappa shape index (κ3) is 1.79. The highest BCUT2D eigenvalue weighted by Gasteiger charge is 2.02. The molecule has 0 saturated carbocycles. The fraction of sp³-hybridized carbons (Fsp3) is 0.500. The second kappa shape index (κ2) is 3.51. The quantitative estimate of drug-likeness (QED) is 0.567. The summed E-state index contributed by atoms with van der Waals surface area (Å²) < 4.78 is 2.25. The summed E-state index contributed by atoms with van der Waals surface area (Å²) in [6.45, 7) is 7.57. The van der Waals surface area contributed by atoms with E-state index in [4.69, 9.17) is 0 Å². The minimum Gasteiger partial charge on any atom is -0.203 e. The van der Waals surface area contributed by atoms with Crippen molar-refractivity contribution in [2.24, 2.45) is 0 Å². The Morgan fingerprint density at radius 2 is 2.09 bits per heavy atom. The summed E-state index contributed by atoms with van der Waals surface area (Å²) in [6.07, 6.45) is 3.29. The molecular weight excluding hydrogens is 134 g/mol. The Hall–Kier alpha value is -0.850. The average molecular weight is 150 g/mol. The summed E-state index contributed by atoms with van der Waals surface area (Å²) in [6, 6.07) is 4.44. The Bertz CT molecular complexity index is 241. The summed E-state index contributed by atoms with van der Waals surface area (Å²) in [5, 5.41) is 0. The van der Waals surface area contributed by atoms with E-state index in [1.54, 1.807) is 0 Å². The van der Waals surface area contributed by atoms with E-state index in [1.807, 2.05) is 0 Å². The van der Waals surface area contributed by atoms with Crippen LogP contribution in [0.2, 0.25) is 0 Å². The van der Waals surface area contributed by atoms with Crippen LogP contribution in [0.3, 0.4) is 0 Å². The topological polar surface area (TPSA) is 3.88 Å². The van der Waals surface area contributed by atoms with E-state index in [9.17, 15) is 0 Å². The minimum atomic E-state index is 1.07. The van der Waals surface area contributed by atoms with E-state index in [2.05, 4.69) is 43.7 Å². The first-order chi connectivity index (χ1) is 5.27. The van der Waals surface area contributed by atoms with Crippen LogP contribution >= 0.6 is 0 Å². The van der Waals surface area contributed by atoms with Gasteiger partial charge in [0, 0.05) is 19.1 Å². The standard InChI is InChI=1S/C10H16N/c1-4-10-6-7-11(5-2)9(3)8-10/h6-8H,4-5H2,1-3H3/q+1. The molecule has 60 valence electrons. The van der Waals surface area contributed by atoms with Gasteiger partial charge in [-0.1, -0.05) is 6.92 Å². The molecule has 0 spiro atoms. The Kier molecular flexibility index (Phi) is 2.64. The minimum absolute atomic E-state index is 1.07. The molecule has 0 aromatic carbocycles. The SMILES string of the molecule is CCc1cc[n+](CC)c(C)c1. The van der Waals surface area contributed by atoms with Gasteiger partial charge in [-0.3, -0.25) is 0 Å². The van der Waals surface area contributed by atoms with Crippen molar-refractivity contribution in [1.29, 1.82) is 0 Å². The third-order valence-electron chi connectivity index (χ3n) is 2.06. The van der Waals surface area contributed by atoms with E-state index in [0.717, 1.165) is 13.0 Å². The molecular formula is C10H16N+. The van der Waals surface area contributed by atoms with E-state index < -0.39 is 0 Å². The molecule has 0 radical (unpaired) electrons. The molecule has 0 saturated heterocycles. The molecule has 1 aromatic heterocycles. The maximum atomic E-state index is 2.25.